The van der Waals surface area contributed by atoms with Gasteiger partial charge in [0.15, 0.2) is 5.69 Å². The van der Waals surface area contributed by atoms with Gasteiger partial charge >= 0.3 is 5.97 Å². The van der Waals surface area contributed by atoms with Crippen molar-refractivity contribution in [3.63, 3.8) is 0 Å². The molecule has 0 bridgehead atoms. The average Bonchev–Trinajstić information content (AvgIpc) is 2.18. The van der Waals surface area contributed by atoms with Crippen LogP contribution in [0.3, 0.4) is 0 Å². The molecule has 3 nitrogen and oxygen atoms in total. The van der Waals surface area contributed by atoms with E-state index in [1.54, 1.807) is 13.1 Å². The first-order chi connectivity index (χ1) is 6.66. The third-order valence-electron chi connectivity index (χ3n) is 1.93. The fourth-order valence-electron chi connectivity index (χ4n) is 1.25. The summed E-state index contributed by atoms with van der Waals surface area (Å²) in [6.45, 7) is 6.22. The number of aromatic nitrogens is 1. The van der Waals surface area contributed by atoms with Crippen molar-refractivity contribution in [3.05, 3.63) is 29.6 Å². The predicted octanol–water partition coefficient (Wildman–Crippen LogP) is 2.38. The van der Waals surface area contributed by atoms with Gasteiger partial charge < -0.3 is 4.74 Å². The third kappa shape index (κ3) is 2.31. The minimum absolute atomic E-state index is 0.281. The molecule has 14 heavy (non-hydrogen) atoms. The highest BCUT2D eigenvalue weighted by molar-refractivity contribution is 5.89. The summed E-state index contributed by atoms with van der Waals surface area (Å²) in [5.41, 5.74) is 1.37. The van der Waals surface area contributed by atoms with Gasteiger partial charge in [0.2, 0.25) is 0 Å². The van der Waals surface area contributed by atoms with E-state index in [4.69, 9.17) is 4.74 Å². The van der Waals surface area contributed by atoms with E-state index >= 15 is 0 Å². The molecule has 1 aromatic rings. The van der Waals surface area contributed by atoms with Crippen molar-refractivity contribution < 1.29 is 9.53 Å². The molecule has 0 saturated carbocycles. The summed E-state index contributed by atoms with van der Waals surface area (Å²) in [7, 11) is 0. The minimum Gasteiger partial charge on any atom is -0.461 e. The highest BCUT2D eigenvalue weighted by Gasteiger charge is 2.15. The summed E-state index contributed by atoms with van der Waals surface area (Å²) in [6.07, 6.45) is 1.61. The maximum absolute atomic E-state index is 11.5. The van der Waals surface area contributed by atoms with Gasteiger partial charge in [-0.05, 0) is 24.5 Å². The molecule has 0 aromatic carbocycles. The maximum atomic E-state index is 11.5. The number of hydrogen-bond donors (Lipinski definition) is 0. The zero-order chi connectivity index (χ0) is 10.6. The van der Waals surface area contributed by atoms with Gasteiger partial charge in [0.25, 0.3) is 0 Å². The van der Waals surface area contributed by atoms with E-state index in [0.29, 0.717) is 12.3 Å². The number of pyridine rings is 1. The van der Waals surface area contributed by atoms with E-state index in [9.17, 15) is 4.79 Å². The summed E-state index contributed by atoms with van der Waals surface area (Å²) in [5.74, 6) is -0.0556. The Balaban J connectivity index is 3.00. The number of hydrogen-bond acceptors (Lipinski definition) is 3. The summed E-state index contributed by atoms with van der Waals surface area (Å²) in [6, 6.07) is 3.74. The van der Waals surface area contributed by atoms with Crippen LogP contribution < -0.4 is 0 Å². The number of rotatable bonds is 3. The number of carbonyl (C=O) groups is 1. The number of nitrogens with zero attached hydrogens (tertiary/aromatic N) is 1. The highest BCUT2D eigenvalue weighted by atomic mass is 16.5. The summed E-state index contributed by atoms with van der Waals surface area (Å²) >= 11 is 0. The van der Waals surface area contributed by atoms with E-state index in [1.165, 1.54) is 0 Å². The van der Waals surface area contributed by atoms with Gasteiger partial charge in [-0.25, -0.2) is 9.78 Å². The fraction of sp³-hybridized carbons (Fsp3) is 0.455. The van der Waals surface area contributed by atoms with Crippen LogP contribution in [0.2, 0.25) is 0 Å². The van der Waals surface area contributed by atoms with Crippen LogP contribution in [0.5, 0.6) is 0 Å². The normalized spacial score (nSPS) is 10.3. The van der Waals surface area contributed by atoms with Crippen molar-refractivity contribution in [2.75, 3.05) is 6.61 Å². The molecule has 0 saturated heterocycles. The van der Waals surface area contributed by atoms with Crippen LogP contribution in [-0.2, 0) is 4.74 Å². The Hall–Kier alpha value is -1.38. The van der Waals surface area contributed by atoms with E-state index in [1.807, 2.05) is 26.0 Å². The Bertz CT molecular complexity index is 321. The predicted molar refractivity (Wildman–Crippen MR) is 54.3 cm³/mol. The zero-order valence-electron chi connectivity index (χ0n) is 8.78. The molecule has 1 aromatic heterocycles. The van der Waals surface area contributed by atoms with Gasteiger partial charge in [-0.3, -0.25) is 0 Å². The number of esters is 1. The topological polar surface area (TPSA) is 39.2 Å². The van der Waals surface area contributed by atoms with Crippen molar-refractivity contribution in [3.8, 4) is 0 Å². The number of ether oxygens (including phenoxy) is 1. The second kappa shape index (κ2) is 4.74. The minimum atomic E-state index is -0.336. The molecule has 0 unspecified atom stereocenters. The van der Waals surface area contributed by atoms with E-state index in [0.717, 1.165) is 5.56 Å². The maximum Gasteiger partial charge on any atom is 0.357 e. The molecule has 0 aliphatic carbocycles. The third-order valence-corrected chi connectivity index (χ3v) is 1.93. The van der Waals surface area contributed by atoms with Crippen molar-refractivity contribution in [2.45, 2.75) is 26.7 Å². The molecule has 0 aliphatic rings. The van der Waals surface area contributed by atoms with Crippen molar-refractivity contribution in [1.29, 1.82) is 0 Å². The lowest BCUT2D eigenvalue weighted by Gasteiger charge is -2.09. The summed E-state index contributed by atoms with van der Waals surface area (Å²) in [5, 5.41) is 0. The lowest BCUT2D eigenvalue weighted by molar-refractivity contribution is 0.0517. The van der Waals surface area contributed by atoms with Crippen molar-refractivity contribution >= 4 is 5.97 Å². The van der Waals surface area contributed by atoms with Gasteiger partial charge in [0.05, 0.1) is 6.61 Å². The second-order valence-corrected chi connectivity index (χ2v) is 3.32. The SMILES string of the molecule is CCOC(=O)c1ncccc1C(C)C. The van der Waals surface area contributed by atoms with Crippen LogP contribution in [0.1, 0.15) is 42.7 Å². The largest absolute Gasteiger partial charge is 0.461 e. The van der Waals surface area contributed by atoms with Crippen LogP contribution in [0.15, 0.2) is 18.3 Å². The molecule has 76 valence electrons. The summed E-state index contributed by atoms with van der Waals surface area (Å²) in [4.78, 5) is 15.5. The molecule has 0 spiro atoms. The first-order valence-electron chi connectivity index (χ1n) is 4.78. The molecule has 0 N–H and O–H groups in total. The summed E-state index contributed by atoms with van der Waals surface area (Å²) < 4.78 is 4.92. The fourth-order valence-corrected chi connectivity index (χ4v) is 1.25. The van der Waals surface area contributed by atoms with E-state index in [2.05, 4.69) is 4.98 Å². The average molecular weight is 193 g/mol. The molecule has 0 atom stereocenters. The van der Waals surface area contributed by atoms with Crippen LogP contribution >= 0.6 is 0 Å². The first-order valence-corrected chi connectivity index (χ1v) is 4.78. The molecule has 0 aliphatic heterocycles. The smallest absolute Gasteiger partial charge is 0.357 e. The number of carbonyl (C=O) groups excluding carboxylic acids is 1. The van der Waals surface area contributed by atoms with Gasteiger partial charge in [-0.15, -0.1) is 0 Å². The van der Waals surface area contributed by atoms with Gasteiger partial charge in [-0.1, -0.05) is 19.9 Å². The first kappa shape index (κ1) is 10.7. The van der Waals surface area contributed by atoms with Gasteiger partial charge in [0, 0.05) is 6.20 Å². The molecule has 0 fully saturated rings. The van der Waals surface area contributed by atoms with Gasteiger partial charge in [-0.2, -0.15) is 0 Å². The Morgan fingerprint density at radius 3 is 2.86 bits per heavy atom. The molecule has 1 heterocycles. The molecular formula is C11H15NO2. The molecule has 0 amide bonds. The Kier molecular flexibility index (Phi) is 3.63. The van der Waals surface area contributed by atoms with Crippen LogP contribution in [0.25, 0.3) is 0 Å². The van der Waals surface area contributed by atoms with Crippen LogP contribution in [0.4, 0.5) is 0 Å². The Labute approximate surface area is 84.1 Å². The monoisotopic (exact) mass is 193 g/mol. The zero-order valence-corrected chi connectivity index (χ0v) is 8.78. The second-order valence-electron chi connectivity index (χ2n) is 3.32. The van der Waals surface area contributed by atoms with Crippen LogP contribution in [-0.4, -0.2) is 17.6 Å². The van der Waals surface area contributed by atoms with Gasteiger partial charge in [0.1, 0.15) is 0 Å². The molecule has 1 rings (SSSR count). The molecule has 0 radical (unpaired) electrons. The lowest BCUT2D eigenvalue weighted by Crippen LogP contribution is -2.11. The molecular weight excluding hydrogens is 178 g/mol. The van der Waals surface area contributed by atoms with Crippen LogP contribution in [0, 0.1) is 0 Å². The molecule has 3 heteroatoms. The van der Waals surface area contributed by atoms with E-state index in [-0.39, 0.29) is 11.9 Å². The standard InChI is InChI=1S/C11H15NO2/c1-4-14-11(13)10-9(8(2)3)6-5-7-12-10/h5-8H,4H2,1-3H3. The van der Waals surface area contributed by atoms with Crippen molar-refractivity contribution in [2.24, 2.45) is 0 Å². The highest BCUT2D eigenvalue weighted by Crippen LogP contribution is 2.17. The van der Waals surface area contributed by atoms with E-state index < -0.39 is 0 Å². The Morgan fingerprint density at radius 1 is 1.57 bits per heavy atom. The lowest BCUT2D eigenvalue weighted by atomic mass is 10.0. The van der Waals surface area contributed by atoms with Crippen molar-refractivity contribution in [1.82, 2.24) is 4.98 Å². The quantitative estimate of drug-likeness (QED) is 0.692. The Morgan fingerprint density at radius 2 is 2.29 bits per heavy atom.